The number of alkyl halides is 1. The van der Waals surface area contributed by atoms with Gasteiger partial charge in [0.05, 0.1) is 20.1 Å². The minimum Gasteiger partial charge on any atom is -0.469 e. The minimum atomic E-state index is -0.176. The van der Waals surface area contributed by atoms with Crippen LogP contribution in [0.2, 0.25) is 0 Å². The molecule has 0 saturated carbocycles. The monoisotopic (exact) mass is 325 g/mol. The van der Waals surface area contributed by atoms with Gasteiger partial charge in [0.15, 0.2) is 11.0 Å². The van der Waals surface area contributed by atoms with Gasteiger partial charge in [0.2, 0.25) is 6.33 Å². The van der Waals surface area contributed by atoms with E-state index in [0.717, 1.165) is 23.8 Å². The molecule has 19 heavy (non-hydrogen) atoms. The standard InChI is InChI=1S/C14H18BrN2O2/c1-19-14(18)7-10-17-11-16(9-4-8-15)12-5-2-3-6-13(12)17/h2-3,5-6,11H,4,7-10H2,1H3/q+1. The zero-order valence-electron chi connectivity index (χ0n) is 11.0. The topological polar surface area (TPSA) is 35.1 Å². The summed E-state index contributed by atoms with van der Waals surface area (Å²) in [6.45, 7) is 1.62. The van der Waals surface area contributed by atoms with Crippen molar-refractivity contribution in [3.8, 4) is 0 Å². The molecule has 0 aliphatic heterocycles. The largest absolute Gasteiger partial charge is 0.469 e. The number of rotatable bonds is 6. The van der Waals surface area contributed by atoms with E-state index in [1.54, 1.807) is 0 Å². The highest BCUT2D eigenvalue weighted by molar-refractivity contribution is 9.09. The van der Waals surface area contributed by atoms with Crippen LogP contribution in [0.25, 0.3) is 11.0 Å². The second kappa shape index (κ2) is 6.70. The van der Waals surface area contributed by atoms with Crippen molar-refractivity contribution < 1.29 is 14.1 Å². The Bertz CT molecular complexity index is 566. The van der Waals surface area contributed by atoms with Crippen molar-refractivity contribution in [2.75, 3.05) is 12.4 Å². The van der Waals surface area contributed by atoms with Crippen LogP contribution in [-0.2, 0) is 22.6 Å². The van der Waals surface area contributed by atoms with Crippen LogP contribution in [0.4, 0.5) is 0 Å². The number of hydrogen-bond donors (Lipinski definition) is 0. The van der Waals surface area contributed by atoms with Gasteiger partial charge in [0, 0.05) is 5.33 Å². The van der Waals surface area contributed by atoms with Crippen LogP contribution in [0.3, 0.4) is 0 Å². The van der Waals surface area contributed by atoms with Crippen molar-refractivity contribution in [1.82, 2.24) is 4.57 Å². The van der Waals surface area contributed by atoms with Gasteiger partial charge in [0.25, 0.3) is 0 Å². The lowest BCUT2D eigenvalue weighted by Crippen LogP contribution is -2.32. The van der Waals surface area contributed by atoms with Gasteiger partial charge < -0.3 is 4.74 Å². The first-order valence-electron chi connectivity index (χ1n) is 6.36. The fraction of sp³-hybridized carbons (Fsp3) is 0.429. The Morgan fingerprint density at radius 3 is 2.95 bits per heavy atom. The second-order valence-electron chi connectivity index (χ2n) is 4.36. The molecule has 5 heteroatoms. The maximum absolute atomic E-state index is 11.3. The van der Waals surface area contributed by atoms with Crippen LogP contribution in [0, 0.1) is 0 Å². The Morgan fingerprint density at radius 2 is 2.21 bits per heavy atom. The van der Waals surface area contributed by atoms with Gasteiger partial charge in [-0.1, -0.05) is 28.1 Å². The van der Waals surface area contributed by atoms with Crippen molar-refractivity contribution in [3.63, 3.8) is 0 Å². The molecule has 1 aromatic heterocycles. The van der Waals surface area contributed by atoms with Crippen LogP contribution in [0.5, 0.6) is 0 Å². The lowest BCUT2D eigenvalue weighted by atomic mass is 10.3. The minimum absolute atomic E-state index is 0.176. The second-order valence-corrected chi connectivity index (χ2v) is 5.15. The third-order valence-electron chi connectivity index (χ3n) is 3.10. The third-order valence-corrected chi connectivity index (χ3v) is 3.66. The van der Waals surface area contributed by atoms with E-state index in [1.807, 2.05) is 12.1 Å². The molecule has 0 aliphatic rings. The molecule has 0 fully saturated rings. The number of benzene rings is 1. The Kier molecular flexibility index (Phi) is 4.96. The molecule has 0 unspecified atom stereocenters. The number of methoxy groups -OCH3 is 1. The molecule has 0 amide bonds. The Balaban J connectivity index is 2.25. The average Bonchev–Trinajstić information content (AvgIpc) is 2.81. The highest BCUT2D eigenvalue weighted by Crippen LogP contribution is 2.11. The SMILES string of the molecule is COC(=O)CCn1c[n+](CCCBr)c2ccccc21. The van der Waals surface area contributed by atoms with Crippen LogP contribution in [-0.4, -0.2) is 23.0 Å². The molecule has 2 rings (SSSR count). The quantitative estimate of drug-likeness (QED) is 0.464. The molecule has 1 aromatic carbocycles. The van der Waals surface area contributed by atoms with Crippen LogP contribution in [0.15, 0.2) is 30.6 Å². The number of fused-ring (bicyclic) bond motifs is 1. The van der Waals surface area contributed by atoms with Crippen molar-refractivity contribution >= 4 is 32.9 Å². The first kappa shape index (κ1) is 14.1. The van der Waals surface area contributed by atoms with Gasteiger partial charge >= 0.3 is 5.97 Å². The van der Waals surface area contributed by atoms with Gasteiger partial charge in [-0.25, -0.2) is 9.13 Å². The van der Waals surface area contributed by atoms with E-state index in [-0.39, 0.29) is 5.97 Å². The predicted octanol–water partition coefficient (Wildman–Crippen LogP) is 2.28. The number of nitrogens with zero attached hydrogens (tertiary/aromatic N) is 2. The highest BCUT2D eigenvalue weighted by Gasteiger charge is 2.15. The average molecular weight is 326 g/mol. The van der Waals surface area contributed by atoms with Gasteiger partial charge in [-0.15, -0.1) is 0 Å². The number of aryl methyl sites for hydroxylation is 2. The maximum atomic E-state index is 11.3. The number of halogens is 1. The summed E-state index contributed by atoms with van der Waals surface area (Å²) >= 11 is 3.46. The van der Waals surface area contributed by atoms with Gasteiger partial charge in [-0.3, -0.25) is 4.79 Å². The molecule has 102 valence electrons. The molecular weight excluding hydrogens is 308 g/mol. The molecule has 0 N–H and O–H groups in total. The van der Waals surface area contributed by atoms with E-state index in [1.165, 1.54) is 12.6 Å². The third kappa shape index (κ3) is 3.35. The summed E-state index contributed by atoms with van der Waals surface area (Å²) in [6.07, 6.45) is 3.56. The molecule has 4 nitrogen and oxygen atoms in total. The number of para-hydroxylation sites is 2. The number of hydrogen-bond acceptors (Lipinski definition) is 2. The normalized spacial score (nSPS) is 10.8. The molecular formula is C14H18BrN2O2+. The van der Waals surface area contributed by atoms with E-state index in [2.05, 4.69) is 43.5 Å². The number of esters is 1. The van der Waals surface area contributed by atoms with Crippen LogP contribution in [0.1, 0.15) is 12.8 Å². The van der Waals surface area contributed by atoms with E-state index in [4.69, 9.17) is 4.74 Å². The Labute approximate surface area is 121 Å². The molecule has 0 aliphatic carbocycles. The summed E-state index contributed by atoms with van der Waals surface area (Å²) in [4.78, 5) is 11.3. The Morgan fingerprint density at radius 1 is 1.42 bits per heavy atom. The predicted molar refractivity (Wildman–Crippen MR) is 77.2 cm³/mol. The first-order chi connectivity index (χ1) is 9.26. The zero-order valence-corrected chi connectivity index (χ0v) is 12.6. The van der Waals surface area contributed by atoms with Crippen molar-refractivity contribution in [2.24, 2.45) is 0 Å². The van der Waals surface area contributed by atoms with E-state index < -0.39 is 0 Å². The fourth-order valence-electron chi connectivity index (χ4n) is 2.14. The Hall–Kier alpha value is -1.36. The fourth-order valence-corrected chi connectivity index (χ4v) is 2.39. The van der Waals surface area contributed by atoms with E-state index in [9.17, 15) is 4.79 Å². The van der Waals surface area contributed by atoms with E-state index in [0.29, 0.717) is 13.0 Å². The first-order valence-corrected chi connectivity index (χ1v) is 7.48. The molecule has 0 bridgehead atoms. The molecule has 2 aromatic rings. The van der Waals surface area contributed by atoms with E-state index >= 15 is 0 Å². The lowest BCUT2D eigenvalue weighted by molar-refractivity contribution is -0.672. The molecule has 0 atom stereocenters. The molecule has 0 saturated heterocycles. The summed E-state index contributed by atoms with van der Waals surface area (Å²) in [6, 6.07) is 8.25. The van der Waals surface area contributed by atoms with Crippen molar-refractivity contribution in [2.45, 2.75) is 25.9 Å². The zero-order chi connectivity index (χ0) is 13.7. The smallest absolute Gasteiger partial charge is 0.309 e. The summed E-state index contributed by atoms with van der Waals surface area (Å²) in [7, 11) is 1.42. The van der Waals surface area contributed by atoms with Crippen molar-refractivity contribution in [1.29, 1.82) is 0 Å². The van der Waals surface area contributed by atoms with Gasteiger partial charge in [-0.2, -0.15) is 0 Å². The summed E-state index contributed by atoms with van der Waals surface area (Å²) in [5.41, 5.74) is 2.36. The summed E-state index contributed by atoms with van der Waals surface area (Å²) in [5.74, 6) is -0.176. The molecule has 1 heterocycles. The van der Waals surface area contributed by atoms with Crippen molar-refractivity contribution in [3.05, 3.63) is 30.6 Å². The number of carbonyl (C=O) groups is 1. The summed E-state index contributed by atoms with van der Waals surface area (Å²) < 4.78 is 9.03. The molecule has 0 spiro atoms. The number of aromatic nitrogens is 2. The van der Waals surface area contributed by atoms with Gasteiger partial charge in [-0.05, 0) is 18.6 Å². The molecule has 0 radical (unpaired) electrons. The number of ether oxygens (including phenoxy) is 1. The maximum Gasteiger partial charge on any atom is 0.309 e. The van der Waals surface area contributed by atoms with Crippen LogP contribution < -0.4 is 4.57 Å². The number of carbonyl (C=O) groups excluding carboxylic acids is 1. The lowest BCUT2D eigenvalue weighted by Gasteiger charge is -1.97. The van der Waals surface area contributed by atoms with Crippen LogP contribution >= 0.6 is 15.9 Å². The number of imidazole rings is 1. The van der Waals surface area contributed by atoms with Gasteiger partial charge in [0.1, 0.15) is 6.54 Å². The summed E-state index contributed by atoms with van der Waals surface area (Å²) in [5, 5.41) is 0.988. The highest BCUT2D eigenvalue weighted by atomic mass is 79.9.